The minimum absolute atomic E-state index is 0.257. The highest BCUT2D eigenvalue weighted by molar-refractivity contribution is 7.14. The fraction of sp³-hybridized carbons (Fsp3) is 0.316. The number of carbonyl (C=O) groups excluding carboxylic acids is 3. The topological polar surface area (TPSA) is 87.3 Å². The Balaban J connectivity index is 1.46. The molecule has 142 valence electrons. The number of hydrazine groups is 1. The van der Waals surface area contributed by atoms with Gasteiger partial charge < -0.3 is 5.32 Å². The molecule has 0 unspecified atom stereocenters. The summed E-state index contributed by atoms with van der Waals surface area (Å²) in [4.78, 5) is 37.9. The van der Waals surface area contributed by atoms with Gasteiger partial charge in [0.15, 0.2) is 0 Å². The van der Waals surface area contributed by atoms with E-state index in [1.54, 1.807) is 18.2 Å². The van der Waals surface area contributed by atoms with Crippen LogP contribution < -0.4 is 16.2 Å². The summed E-state index contributed by atoms with van der Waals surface area (Å²) >= 11 is 7.32. The van der Waals surface area contributed by atoms with Crippen LogP contribution in [-0.4, -0.2) is 24.3 Å². The number of aryl methyl sites for hydroxylation is 2. The molecule has 0 spiro atoms. The summed E-state index contributed by atoms with van der Waals surface area (Å²) in [6.07, 6.45) is 5.53. The lowest BCUT2D eigenvalue weighted by atomic mass is 10.1. The third-order valence-corrected chi connectivity index (χ3v) is 5.75. The molecule has 0 fully saturated rings. The van der Waals surface area contributed by atoms with E-state index in [1.165, 1.54) is 34.3 Å². The maximum atomic E-state index is 12.2. The van der Waals surface area contributed by atoms with Crippen LogP contribution in [0.4, 0.5) is 0 Å². The van der Waals surface area contributed by atoms with Gasteiger partial charge >= 0.3 is 0 Å². The maximum Gasteiger partial charge on any atom is 0.279 e. The van der Waals surface area contributed by atoms with Crippen LogP contribution in [0.1, 0.15) is 49.7 Å². The van der Waals surface area contributed by atoms with Crippen LogP contribution in [0.15, 0.2) is 30.3 Å². The highest BCUT2D eigenvalue weighted by atomic mass is 35.5. The predicted octanol–water partition coefficient (Wildman–Crippen LogP) is 2.86. The monoisotopic (exact) mass is 405 g/mol. The minimum Gasteiger partial charge on any atom is -0.343 e. The van der Waals surface area contributed by atoms with Crippen LogP contribution in [0, 0.1) is 0 Å². The second-order valence-electron chi connectivity index (χ2n) is 6.32. The van der Waals surface area contributed by atoms with Gasteiger partial charge in [0, 0.05) is 15.5 Å². The van der Waals surface area contributed by atoms with Crippen LogP contribution in [0.2, 0.25) is 5.02 Å². The van der Waals surface area contributed by atoms with Gasteiger partial charge in [-0.1, -0.05) is 24.1 Å². The molecular formula is C19H20ClN3O3S. The molecule has 3 rings (SSSR count). The van der Waals surface area contributed by atoms with Gasteiger partial charge in [-0.05, 0) is 55.5 Å². The molecule has 3 N–H and O–H groups in total. The van der Waals surface area contributed by atoms with Crippen LogP contribution in [0.3, 0.4) is 0 Å². The Labute approximate surface area is 166 Å². The zero-order valence-electron chi connectivity index (χ0n) is 14.6. The number of nitrogens with one attached hydrogen (secondary N) is 3. The number of rotatable bonds is 4. The van der Waals surface area contributed by atoms with Gasteiger partial charge in [-0.2, -0.15) is 0 Å². The number of halogens is 1. The van der Waals surface area contributed by atoms with Gasteiger partial charge in [0.2, 0.25) is 0 Å². The van der Waals surface area contributed by atoms with Crippen LogP contribution in [-0.2, 0) is 17.6 Å². The second kappa shape index (κ2) is 9.01. The van der Waals surface area contributed by atoms with E-state index in [0.717, 1.165) is 25.7 Å². The molecular weight excluding hydrogens is 386 g/mol. The minimum atomic E-state index is -0.517. The Morgan fingerprint density at radius 1 is 1.00 bits per heavy atom. The van der Waals surface area contributed by atoms with E-state index in [2.05, 4.69) is 16.2 Å². The summed E-state index contributed by atoms with van der Waals surface area (Å²) in [5.74, 6) is -1.28. The van der Waals surface area contributed by atoms with Gasteiger partial charge in [-0.15, -0.1) is 11.3 Å². The first-order valence-corrected chi connectivity index (χ1v) is 9.97. The van der Waals surface area contributed by atoms with E-state index in [9.17, 15) is 14.4 Å². The van der Waals surface area contributed by atoms with E-state index in [4.69, 9.17) is 11.6 Å². The van der Waals surface area contributed by atoms with Crippen molar-refractivity contribution < 1.29 is 14.4 Å². The summed E-state index contributed by atoms with van der Waals surface area (Å²) in [6.45, 7) is -0.257. The molecule has 0 aliphatic heterocycles. The van der Waals surface area contributed by atoms with Crippen molar-refractivity contribution in [1.82, 2.24) is 16.2 Å². The summed E-state index contributed by atoms with van der Waals surface area (Å²) in [5, 5.41) is 2.92. The molecule has 0 saturated carbocycles. The van der Waals surface area contributed by atoms with E-state index < -0.39 is 11.8 Å². The lowest BCUT2D eigenvalue weighted by molar-refractivity contribution is -0.120. The average Bonchev–Trinajstić information content (AvgIpc) is 2.94. The molecule has 2 aromatic rings. The fourth-order valence-electron chi connectivity index (χ4n) is 2.90. The van der Waals surface area contributed by atoms with Crippen LogP contribution >= 0.6 is 22.9 Å². The standard InChI is InChI=1S/C19H20ClN3O3S/c20-14-7-4-6-13(9-14)18(25)21-11-17(24)22-23-19(26)16-10-12-5-2-1-3-8-15(12)27-16/h4,6-7,9-10H,1-3,5,8,11H2,(H,21,25)(H,22,24)(H,23,26). The van der Waals surface area contributed by atoms with Crippen LogP contribution in [0.5, 0.6) is 0 Å². The Bertz CT molecular complexity index is 842. The lowest BCUT2D eigenvalue weighted by Gasteiger charge is -2.08. The number of benzene rings is 1. The molecule has 3 amide bonds. The van der Waals surface area contributed by atoms with Crippen molar-refractivity contribution in [2.75, 3.05) is 6.54 Å². The molecule has 0 atom stereocenters. The first-order chi connectivity index (χ1) is 13.0. The van der Waals surface area contributed by atoms with Crippen molar-refractivity contribution >= 4 is 40.7 Å². The maximum absolute atomic E-state index is 12.2. The van der Waals surface area contributed by atoms with Gasteiger partial charge in [-0.3, -0.25) is 25.2 Å². The van der Waals surface area contributed by atoms with E-state index in [-0.39, 0.29) is 12.5 Å². The molecule has 0 saturated heterocycles. The smallest absolute Gasteiger partial charge is 0.279 e. The highest BCUT2D eigenvalue weighted by Crippen LogP contribution is 2.28. The molecule has 0 bridgehead atoms. The van der Waals surface area contributed by atoms with Gasteiger partial charge in [-0.25, -0.2) is 0 Å². The number of thiophene rings is 1. The second-order valence-corrected chi connectivity index (χ2v) is 7.89. The van der Waals surface area contributed by atoms with E-state index >= 15 is 0 Å². The third-order valence-electron chi connectivity index (χ3n) is 4.28. The van der Waals surface area contributed by atoms with E-state index in [0.29, 0.717) is 15.5 Å². The van der Waals surface area contributed by atoms with Gasteiger partial charge in [0.25, 0.3) is 17.7 Å². The predicted molar refractivity (Wildman–Crippen MR) is 105 cm³/mol. The molecule has 0 radical (unpaired) electrons. The van der Waals surface area contributed by atoms with Crippen LogP contribution in [0.25, 0.3) is 0 Å². The largest absolute Gasteiger partial charge is 0.343 e. The Kier molecular flexibility index (Phi) is 6.47. The lowest BCUT2D eigenvalue weighted by Crippen LogP contribution is -2.46. The van der Waals surface area contributed by atoms with Gasteiger partial charge in [0.1, 0.15) is 0 Å². The molecule has 27 heavy (non-hydrogen) atoms. The molecule has 8 heteroatoms. The Morgan fingerprint density at radius 3 is 2.63 bits per heavy atom. The van der Waals surface area contributed by atoms with Crippen molar-refractivity contribution in [2.24, 2.45) is 0 Å². The number of hydrogen-bond acceptors (Lipinski definition) is 4. The zero-order valence-corrected chi connectivity index (χ0v) is 16.2. The third kappa shape index (κ3) is 5.30. The quantitative estimate of drug-likeness (QED) is 0.540. The molecule has 1 aliphatic rings. The highest BCUT2D eigenvalue weighted by Gasteiger charge is 2.17. The van der Waals surface area contributed by atoms with Crippen molar-refractivity contribution in [3.8, 4) is 0 Å². The summed E-state index contributed by atoms with van der Waals surface area (Å²) in [6, 6.07) is 8.33. The Hall–Kier alpha value is -2.38. The average molecular weight is 406 g/mol. The fourth-order valence-corrected chi connectivity index (χ4v) is 4.24. The number of fused-ring (bicyclic) bond motifs is 1. The SMILES string of the molecule is O=C(CNC(=O)c1cccc(Cl)c1)NNC(=O)c1cc2c(s1)CCCCC2. The summed E-state index contributed by atoms with van der Waals surface area (Å²) < 4.78 is 0. The molecule has 1 aromatic carbocycles. The van der Waals surface area contributed by atoms with E-state index in [1.807, 2.05) is 6.07 Å². The van der Waals surface area contributed by atoms with Crippen molar-refractivity contribution in [2.45, 2.75) is 32.1 Å². The molecule has 1 aromatic heterocycles. The Morgan fingerprint density at radius 2 is 1.81 bits per heavy atom. The van der Waals surface area contributed by atoms with Crippen molar-refractivity contribution in [3.05, 3.63) is 56.2 Å². The molecule has 6 nitrogen and oxygen atoms in total. The summed E-state index contributed by atoms with van der Waals surface area (Å²) in [7, 11) is 0. The number of amides is 3. The molecule has 1 aliphatic carbocycles. The van der Waals surface area contributed by atoms with Gasteiger partial charge in [0.05, 0.1) is 11.4 Å². The summed E-state index contributed by atoms with van der Waals surface area (Å²) in [5.41, 5.74) is 6.31. The number of carbonyl (C=O) groups is 3. The molecule has 1 heterocycles. The van der Waals surface area contributed by atoms with Crippen molar-refractivity contribution in [1.29, 1.82) is 0 Å². The zero-order chi connectivity index (χ0) is 19.2. The number of hydrogen-bond donors (Lipinski definition) is 3. The normalized spacial score (nSPS) is 13.2. The first kappa shape index (κ1) is 19.4. The first-order valence-electron chi connectivity index (χ1n) is 8.77. The van der Waals surface area contributed by atoms with Crippen molar-refractivity contribution in [3.63, 3.8) is 0 Å².